The molecule has 0 saturated heterocycles. The number of para-hydroxylation sites is 2. The SMILES string of the molecule is Cn1c(-c2ccccc2)nnc1-c1ccc(-c2ccccc2-c2ccccc2-c2ccc(N(c3ccccc3)c3ccccc3)cc2)cc1. The molecule has 0 spiro atoms. The molecule has 0 bridgehead atoms. The third kappa shape index (κ3) is 5.92. The standard InChI is InChI=1S/C45H34N4/c1-48-44(35-15-5-2-6-16-35)46-47-45(48)36-27-25-33(26-28-36)40-21-11-13-23-42(40)43-24-14-12-22-41(43)34-29-31-39(32-30-34)49(37-17-7-3-8-18-37)38-19-9-4-10-20-38/h2-32H,1H3. The summed E-state index contributed by atoms with van der Waals surface area (Å²) in [6.45, 7) is 0. The van der Waals surface area contributed by atoms with Gasteiger partial charge < -0.3 is 9.47 Å². The van der Waals surface area contributed by atoms with Gasteiger partial charge in [0, 0.05) is 35.2 Å². The van der Waals surface area contributed by atoms with Gasteiger partial charge in [0.1, 0.15) is 0 Å². The summed E-state index contributed by atoms with van der Waals surface area (Å²) < 4.78 is 2.05. The van der Waals surface area contributed by atoms with E-state index < -0.39 is 0 Å². The van der Waals surface area contributed by atoms with Gasteiger partial charge in [-0.25, -0.2) is 0 Å². The molecule has 0 atom stereocenters. The van der Waals surface area contributed by atoms with E-state index in [-0.39, 0.29) is 0 Å². The summed E-state index contributed by atoms with van der Waals surface area (Å²) in [7, 11) is 2.02. The fourth-order valence-corrected chi connectivity index (χ4v) is 6.55. The molecule has 4 heteroatoms. The Bertz CT molecular complexity index is 2270. The molecule has 0 radical (unpaired) electrons. The smallest absolute Gasteiger partial charge is 0.163 e. The number of rotatable bonds is 8. The second-order valence-electron chi connectivity index (χ2n) is 12.0. The molecule has 0 unspecified atom stereocenters. The van der Waals surface area contributed by atoms with Crippen LogP contribution in [0.4, 0.5) is 17.1 Å². The van der Waals surface area contributed by atoms with E-state index in [4.69, 9.17) is 0 Å². The van der Waals surface area contributed by atoms with E-state index in [2.05, 4.69) is 190 Å². The molecule has 0 amide bonds. The van der Waals surface area contributed by atoms with Gasteiger partial charge in [-0.2, -0.15) is 0 Å². The number of aromatic nitrogens is 3. The molecule has 8 aromatic rings. The summed E-state index contributed by atoms with van der Waals surface area (Å²) in [6, 6.07) is 66.1. The van der Waals surface area contributed by atoms with Crippen molar-refractivity contribution >= 4 is 17.1 Å². The van der Waals surface area contributed by atoms with Crippen LogP contribution in [0, 0.1) is 0 Å². The molecular weight excluding hydrogens is 597 g/mol. The largest absolute Gasteiger partial charge is 0.311 e. The molecule has 0 aliphatic rings. The monoisotopic (exact) mass is 630 g/mol. The maximum absolute atomic E-state index is 4.54. The lowest BCUT2D eigenvalue weighted by Crippen LogP contribution is -2.09. The highest BCUT2D eigenvalue weighted by Gasteiger charge is 2.16. The molecule has 0 aliphatic carbocycles. The van der Waals surface area contributed by atoms with E-state index in [1.807, 2.05) is 25.2 Å². The van der Waals surface area contributed by atoms with Gasteiger partial charge in [0.25, 0.3) is 0 Å². The summed E-state index contributed by atoms with van der Waals surface area (Å²) >= 11 is 0. The van der Waals surface area contributed by atoms with E-state index in [0.717, 1.165) is 45.4 Å². The molecule has 0 aliphatic heterocycles. The molecule has 1 aromatic heterocycles. The van der Waals surface area contributed by atoms with Crippen LogP contribution in [0.1, 0.15) is 0 Å². The summed E-state index contributed by atoms with van der Waals surface area (Å²) in [4.78, 5) is 2.29. The van der Waals surface area contributed by atoms with Crippen molar-refractivity contribution in [1.82, 2.24) is 14.8 Å². The maximum atomic E-state index is 4.54. The first-order valence-electron chi connectivity index (χ1n) is 16.5. The van der Waals surface area contributed by atoms with Crippen LogP contribution < -0.4 is 4.90 Å². The van der Waals surface area contributed by atoms with Crippen LogP contribution in [-0.4, -0.2) is 14.8 Å². The quantitative estimate of drug-likeness (QED) is 0.167. The van der Waals surface area contributed by atoms with Gasteiger partial charge in [0.15, 0.2) is 11.6 Å². The van der Waals surface area contributed by atoms with E-state index in [9.17, 15) is 0 Å². The fraction of sp³-hybridized carbons (Fsp3) is 0.0222. The lowest BCUT2D eigenvalue weighted by molar-refractivity contribution is 0.930. The third-order valence-corrected chi connectivity index (χ3v) is 8.97. The number of hydrogen-bond acceptors (Lipinski definition) is 3. The van der Waals surface area contributed by atoms with E-state index in [0.29, 0.717) is 0 Å². The van der Waals surface area contributed by atoms with Crippen molar-refractivity contribution in [3.05, 3.63) is 188 Å². The van der Waals surface area contributed by atoms with Gasteiger partial charge in [-0.1, -0.05) is 152 Å². The average Bonchev–Trinajstić information content (AvgIpc) is 3.57. The number of hydrogen-bond donors (Lipinski definition) is 0. The molecule has 0 saturated carbocycles. The Hall–Kier alpha value is -6.52. The number of anilines is 3. The average molecular weight is 631 g/mol. The minimum Gasteiger partial charge on any atom is -0.311 e. The van der Waals surface area contributed by atoms with Crippen molar-refractivity contribution in [2.45, 2.75) is 0 Å². The summed E-state index contributed by atoms with van der Waals surface area (Å²) in [6.07, 6.45) is 0. The fourth-order valence-electron chi connectivity index (χ4n) is 6.55. The maximum Gasteiger partial charge on any atom is 0.163 e. The van der Waals surface area contributed by atoms with Gasteiger partial charge in [0.2, 0.25) is 0 Å². The van der Waals surface area contributed by atoms with Crippen molar-refractivity contribution < 1.29 is 0 Å². The topological polar surface area (TPSA) is 34.0 Å². The minimum atomic E-state index is 0.838. The first-order chi connectivity index (χ1) is 24.2. The van der Waals surface area contributed by atoms with Gasteiger partial charge >= 0.3 is 0 Å². The molecule has 4 nitrogen and oxygen atoms in total. The van der Waals surface area contributed by atoms with Crippen LogP contribution in [0.25, 0.3) is 56.2 Å². The first-order valence-corrected chi connectivity index (χ1v) is 16.5. The highest BCUT2D eigenvalue weighted by molar-refractivity contribution is 5.92. The van der Waals surface area contributed by atoms with Crippen molar-refractivity contribution in [1.29, 1.82) is 0 Å². The Balaban J connectivity index is 1.12. The zero-order chi connectivity index (χ0) is 33.0. The normalized spacial score (nSPS) is 11.0. The first kappa shape index (κ1) is 29.9. The van der Waals surface area contributed by atoms with E-state index in [1.54, 1.807) is 0 Å². The van der Waals surface area contributed by atoms with Crippen LogP contribution in [0.5, 0.6) is 0 Å². The summed E-state index contributed by atoms with van der Waals surface area (Å²) in [5.74, 6) is 1.69. The summed E-state index contributed by atoms with van der Waals surface area (Å²) in [5.41, 5.74) is 12.5. The lowest BCUT2D eigenvalue weighted by atomic mass is 9.89. The molecule has 8 rings (SSSR count). The van der Waals surface area contributed by atoms with Crippen molar-refractivity contribution in [2.24, 2.45) is 7.05 Å². The summed E-state index contributed by atoms with van der Waals surface area (Å²) in [5, 5.41) is 9.03. The van der Waals surface area contributed by atoms with E-state index in [1.165, 1.54) is 27.8 Å². The Morgan fingerprint density at radius 3 is 1.12 bits per heavy atom. The Morgan fingerprint density at radius 2 is 0.653 bits per heavy atom. The second-order valence-corrected chi connectivity index (χ2v) is 12.0. The lowest BCUT2D eigenvalue weighted by Gasteiger charge is -2.25. The van der Waals surface area contributed by atoms with Crippen molar-refractivity contribution in [2.75, 3.05) is 4.90 Å². The molecule has 49 heavy (non-hydrogen) atoms. The Kier molecular flexibility index (Phi) is 8.11. The van der Waals surface area contributed by atoms with Gasteiger partial charge in [0.05, 0.1) is 0 Å². The molecule has 0 fully saturated rings. The molecule has 234 valence electrons. The zero-order valence-corrected chi connectivity index (χ0v) is 27.2. The van der Waals surface area contributed by atoms with Gasteiger partial charge in [-0.3, -0.25) is 0 Å². The van der Waals surface area contributed by atoms with Crippen molar-refractivity contribution in [3.8, 4) is 56.2 Å². The third-order valence-electron chi connectivity index (χ3n) is 8.97. The van der Waals surface area contributed by atoms with Crippen LogP contribution in [-0.2, 0) is 7.05 Å². The van der Waals surface area contributed by atoms with Crippen LogP contribution in [0.2, 0.25) is 0 Å². The highest BCUT2D eigenvalue weighted by atomic mass is 15.3. The zero-order valence-electron chi connectivity index (χ0n) is 27.2. The Morgan fingerprint density at radius 1 is 0.327 bits per heavy atom. The van der Waals surface area contributed by atoms with Crippen LogP contribution >= 0.6 is 0 Å². The van der Waals surface area contributed by atoms with Crippen LogP contribution in [0.3, 0.4) is 0 Å². The molecule has 0 N–H and O–H groups in total. The minimum absolute atomic E-state index is 0.838. The number of nitrogens with zero attached hydrogens (tertiary/aromatic N) is 4. The molecule has 7 aromatic carbocycles. The highest BCUT2D eigenvalue weighted by Crippen LogP contribution is 2.40. The van der Waals surface area contributed by atoms with Crippen LogP contribution in [0.15, 0.2) is 188 Å². The predicted octanol–water partition coefficient (Wildman–Crippen LogP) is 11.6. The molecular formula is C45H34N4. The van der Waals surface area contributed by atoms with E-state index >= 15 is 0 Å². The second kappa shape index (κ2) is 13.3. The van der Waals surface area contributed by atoms with Gasteiger partial charge in [-0.15, -0.1) is 10.2 Å². The number of benzene rings is 7. The van der Waals surface area contributed by atoms with Crippen molar-refractivity contribution in [3.63, 3.8) is 0 Å². The molecule has 1 heterocycles. The predicted molar refractivity (Wildman–Crippen MR) is 203 cm³/mol. The van der Waals surface area contributed by atoms with Gasteiger partial charge in [-0.05, 0) is 69.8 Å². The Labute approximate surface area is 287 Å².